The molecule has 1 aliphatic carbocycles. The van der Waals surface area contributed by atoms with Gasteiger partial charge >= 0.3 is 0 Å². The van der Waals surface area contributed by atoms with Gasteiger partial charge in [-0.25, -0.2) is 8.42 Å². The Balaban J connectivity index is 0.000000210. The molecule has 5 rings (SSSR count). The Morgan fingerprint density at radius 2 is 0.977 bits per heavy atom. The van der Waals surface area contributed by atoms with E-state index in [1.165, 1.54) is 44.2 Å². The zero-order valence-corrected chi connectivity index (χ0v) is 28.7. The molecule has 0 heterocycles. The molecule has 0 aromatic heterocycles. The van der Waals surface area contributed by atoms with Crippen LogP contribution < -0.4 is 15.9 Å². The summed E-state index contributed by atoms with van der Waals surface area (Å²) in [5.74, 6) is 0.0624. The number of benzene rings is 4. The molecule has 4 aromatic rings. The fourth-order valence-corrected chi connectivity index (χ4v) is 12.2. The summed E-state index contributed by atoms with van der Waals surface area (Å²) in [6, 6.07) is 36.6. The minimum atomic E-state index is -4.55. The van der Waals surface area contributed by atoms with Crippen LogP contribution in [0.25, 0.3) is 0 Å². The Hall–Kier alpha value is -2.98. The van der Waals surface area contributed by atoms with Gasteiger partial charge in [-0.2, -0.15) is 0 Å². The standard InChI is InChI=1S/C24H26P.C14H22O4S/c1-5-13-21(14-6-1)25(22-15-7-2-8-16-22,23-17-9-3-10-18-23)24-19-11-4-12-20-24;1-13(2,3)10-7-9(19(16,17)18)8-11(12(10)15)14(4,5)6/h1-3,5-10,13-18,24H,4,11-12,19-20H2;7-8,15H,1-6H3,(H,16,17,18)/q+1;/p-1. The molecule has 4 aromatic carbocycles. The van der Waals surface area contributed by atoms with Gasteiger partial charge in [-0.3, -0.25) is 0 Å². The molecule has 0 spiro atoms. The van der Waals surface area contributed by atoms with Crippen LogP contribution in [0.3, 0.4) is 0 Å². The molecule has 0 bridgehead atoms. The van der Waals surface area contributed by atoms with E-state index in [-0.39, 0.29) is 10.6 Å². The molecular weight excluding hydrogens is 583 g/mol. The van der Waals surface area contributed by atoms with Crippen LogP contribution in [0.1, 0.15) is 84.8 Å². The van der Waals surface area contributed by atoms with Crippen LogP contribution in [0, 0.1) is 0 Å². The van der Waals surface area contributed by atoms with Crippen molar-refractivity contribution >= 4 is 33.3 Å². The average Bonchev–Trinajstić information content (AvgIpc) is 2.98. The summed E-state index contributed by atoms with van der Waals surface area (Å²) < 4.78 is 33.8. The van der Waals surface area contributed by atoms with E-state index in [2.05, 4.69) is 91.0 Å². The molecule has 0 radical (unpaired) electrons. The van der Waals surface area contributed by atoms with Gasteiger partial charge < -0.3 is 9.66 Å². The summed E-state index contributed by atoms with van der Waals surface area (Å²) in [5.41, 5.74) is 0.785. The van der Waals surface area contributed by atoms with E-state index in [9.17, 15) is 18.1 Å². The van der Waals surface area contributed by atoms with Crippen molar-refractivity contribution in [1.29, 1.82) is 0 Å². The second kappa shape index (κ2) is 13.6. The van der Waals surface area contributed by atoms with Crippen molar-refractivity contribution in [3.05, 3.63) is 114 Å². The maximum atomic E-state index is 11.3. The van der Waals surface area contributed by atoms with Gasteiger partial charge in [0.25, 0.3) is 0 Å². The Bertz CT molecular complexity index is 1480. The lowest BCUT2D eigenvalue weighted by Gasteiger charge is -2.36. The highest BCUT2D eigenvalue weighted by Gasteiger charge is 2.52. The molecule has 0 unspecified atom stereocenters. The van der Waals surface area contributed by atoms with Crippen molar-refractivity contribution in [2.24, 2.45) is 0 Å². The lowest BCUT2D eigenvalue weighted by molar-refractivity contribution is 0.420. The molecule has 1 saturated carbocycles. The van der Waals surface area contributed by atoms with E-state index < -0.39 is 28.2 Å². The van der Waals surface area contributed by atoms with Crippen molar-refractivity contribution in [1.82, 2.24) is 0 Å². The molecule has 1 fully saturated rings. The topological polar surface area (TPSA) is 77.4 Å². The first-order valence-electron chi connectivity index (χ1n) is 15.6. The molecule has 1 aliphatic rings. The fraction of sp³-hybridized carbons (Fsp3) is 0.368. The largest absolute Gasteiger partial charge is 0.744 e. The van der Waals surface area contributed by atoms with E-state index in [1.807, 2.05) is 41.5 Å². The van der Waals surface area contributed by atoms with Gasteiger partial charge in [-0.1, -0.05) is 103 Å². The van der Waals surface area contributed by atoms with Crippen LogP contribution in [0.2, 0.25) is 0 Å². The molecule has 0 aliphatic heterocycles. The first-order valence-corrected chi connectivity index (χ1v) is 18.8. The summed E-state index contributed by atoms with van der Waals surface area (Å²) in [4.78, 5) is -0.292. The number of phenols is 1. The molecule has 0 amide bonds. The number of phenolic OH excluding ortho intramolecular Hbond substituents is 1. The van der Waals surface area contributed by atoms with E-state index in [0.717, 1.165) is 5.66 Å². The summed E-state index contributed by atoms with van der Waals surface area (Å²) in [5, 5.41) is 15.0. The summed E-state index contributed by atoms with van der Waals surface area (Å²) in [7, 11) is -6.17. The van der Waals surface area contributed by atoms with Crippen LogP contribution in [-0.2, 0) is 20.9 Å². The highest BCUT2D eigenvalue weighted by atomic mass is 32.2. The lowest BCUT2D eigenvalue weighted by Crippen LogP contribution is -2.39. The Morgan fingerprint density at radius 1 is 0.636 bits per heavy atom. The van der Waals surface area contributed by atoms with Crippen molar-refractivity contribution in [3.8, 4) is 5.75 Å². The number of aromatic hydroxyl groups is 1. The second-order valence-corrected chi connectivity index (χ2v) is 18.9. The minimum Gasteiger partial charge on any atom is -0.744 e. The minimum absolute atomic E-state index is 0.0624. The van der Waals surface area contributed by atoms with Crippen molar-refractivity contribution < 1.29 is 18.1 Å². The SMILES string of the molecule is CC(C)(C)c1cc(S(=O)(=O)[O-])cc(C(C)(C)C)c1O.c1ccc([P+](c2ccccc2)(c2ccccc2)C2CCCCC2)cc1. The monoisotopic (exact) mass is 630 g/mol. The zero-order chi connectivity index (χ0) is 32.2. The third kappa shape index (κ3) is 7.45. The maximum absolute atomic E-state index is 11.3. The maximum Gasteiger partial charge on any atom is 0.124 e. The second-order valence-electron chi connectivity index (χ2n) is 13.8. The van der Waals surface area contributed by atoms with Gasteiger partial charge in [0.15, 0.2) is 0 Å². The highest BCUT2D eigenvalue weighted by molar-refractivity contribution is 7.96. The van der Waals surface area contributed by atoms with Crippen LogP contribution in [0.15, 0.2) is 108 Å². The fourth-order valence-electron chi connectivity index (χ4n) is 6.43. The molecule has 4 nitrogen and oxygen atoms in total. The zero-order valence-electron chi connectivity index (χ0n) is 27.0. The van der Waals surface area contributed by atoms with Crippen LogP contribution in [0.5, 0.6) is 5.75 Å². The molecule has 1 N–H and O–H groups in total. The molecule has 0 saturated heterocycles. The van der Waals surface area contributed by atoms with Gasteiger partial charge in [-0.15, -0.1) is 0 Å². The molecular formula is C38H47O4PS. The predicted octanol–water partition coefficient (Wildman–Crippen LogP) is 8.20. The molecule has 0 atom stereocenters. The Morgan fingerprint density at radius 3 is 1.27 bits per heavy atom. The first kappa shape index (κ1) is 33.9. The summed E-state index contributed by atoms with van der Waals surface area (Å²) in [6.45, 7) is 11.1. The van der Waals surface area contributed by atoms with Crippen molar-refractivity contribution in [3.63, 3.8) is 0 Å². The normalized spacial score (nSPS) is 14.9. The van der Waals surface area contributed by atoms with Gasteiger partial charge in [0.05, 0.1) is 10.6 Å². The third-order valence-corrected chi connectivity index (χ3v) is 14.4. The van der Waals surface area contributed by atoms with E-state index in [0.29, 0.717) is 11.1 Å². The van der Waals surface area contributed by atoms with Crippen molar-refractivity contribution in [2.45, 2.75) is 95.0 Å². The van der Waals surface area contributed by atoms with Gasteiger partial charge in [0.1, 0.15) is 39.0 Å². The number of hydrogen-bond acceptors (Lipinski definition) is 4. The highest BCUT2D eigenvalue weighted by Crippen LogP contribution is 2.63. The average molecular weight is 631 g/mol. The molecule has 6 heteroatoms. The molecule has 44 heavy (non-hydrogen) atoms. The van der Waals surface area contributed by atoms with Crippen molar-refractivity contribution in [2.75, 3.05) is 0 Å². The summed E-state index contributed by atoms with van der Waals surface area (Å²) in [6.07, 6.45) is 6.85. The van der Waals surface area contributed by atoms with E-state index in [1.54, 1.807) is 15.9 Å². The van der Waals surface area contributed by atoms with E-state index in [4.69, 9.17) is 0 Å². The van der Waals surface area contributed by atoms with Crippen LogP contribution >= 0.6 is 7.26 Å². The van der Waals surface area contributed by atoms with Crippen LogP contribution in [0.4, 0.5) is 0 Å². The van der Waals surface area contributed by atoms with Gasteiger partial charge in [0, 0.05) is 11.1 Å². The number of hydrogen-bond donors (Lipinski definition) is 1. The van der Waals surface area contributed by atoms with Gasteiger partial charge in [0.2, 0.25) is 0 Å². The number of rotatable bonds is 5. The summed E-state index contributed by atoms with van der Waals surface area (Å²) >= 11 is 0. The van der Waals surface area contributed by atoms with E-state index >= 15 is 0 Å². The Kier molecular flexibility index (Phi) is 10.5. The predicted molar refractivity (Wildman–Crippen MR) is 185 cm³/mol. The Labute approximate surface area is 265 Å². The van der Waals surface area contributed by atoms with Gasteiger partial charge in [-0.05, 0) is 85.0 Å². The quantitative estimate of drug-likeness (QED) is 0.178. The first-order chi connectivity index (χ1) is 20.7. The third-order valence-electron chi connectivity index (χ3n) is 8.60. The lowest BCUT2D eigenvalue weighted by atomic mass is 9.79. The van der Waals surface area contributed by atoms with Crippen LogP contribution in [-0.4, -0.2) is 23.7 Å². The smallest absolute Gasteiger partial charge is 0.124 e. The molecule has 234 valence electrons.